The summed E-state index contributed by atoms with van der Waals surface area (Å²) in [6, 6.07) is -0.118. The smallest absolute Gasteiger partial charge is 0.228 e. The Morgan fingerprint density at radius 3 is 2.40 bits per heavy atom. The number of carbonyl (C=O) groups excluding carboxylic acids is 2. The van der Waals surface area contributed by atoms with E-state index in [1.54, 1.807) is 0 Å². The number of Topliss-reactive ketones (excluding diaryl/α,β-unsaturated/α-hetero) is 1. The molecule has 2 rings (SSSR count). The van der Waals surface area contributed by atoms with Gasteiger partial charge in [-0.3, -0.25) is 9.59 Å². The maximum Gasteiger partial charge on any atom is 0.228 e. The minimum Gasteiger partial charge on any atom is -0.346 e. The minimum absolute atomic E-state index is 0.0903. The first-order valence-electron chi connectivity index (χ1n) is 3.59. The first-order chi connectivity index (χ1) is 4.77. The highest BCUT2D eigenvalue weighted by molar-refractivity contribution is 6.07. The number of amides is 1. The predicted octanol–water partition coefficient (Wildman–Crippen LogP) is -0.146. The van der Waals surface area contributed by atoms with Crippen molar-refractivity contribution >= 4 is 11.7 Å². The molecule has 10 heavy (non-hydrogen) atoms. The molecule has 0 radical (unpaired) electrons. The largest absolute Gasteiger partial charge is 0.346 e. The molecule has 0 bridgehead atoms. The van der Waals surface area contributed by atoms with Crippen LogP contribution in [0.25, 0.3) is 0 Å². The first-order valence-corrected chi connectivity index (χ1v) is 3.59. The lowest BCUT2D eigenvalue weighted by atomic mass is 10.1. The van der Waals surface area contributed by atoms with Gasteiger partial charge in [-0.25, -0.2) is 0 Å². The zero-order chi connectivity index (χ0) is 7.14. The van der Waals surface area contributed by atoms with Gasteiger partial charge in [0.05, 0.1) is 12.5 Å². The van der Waals surface area contributed by atoms with Gasteiger partial charge in [-0.2, -0.15) is 0 Å². The normalized spacial score (nSPS) is 32.6. The van der Waals surface area contributed by atoms with Gasteiger partial charge in [-0.1, -0.05) is 0 Å². The maximum atomic E-state index is 11.0. The van der Waals surface area contributed by atoms with Crippen LogP contribution in [0, 0.1) is 5.92 Å². The van der Waals surface area contributed by atoms with Gasteiger partial charge >= 0.3 is 0 Å². The lowest BCUT2D eigenvalue weighted by molar-refractivity contribution is -0.122. The Hall–Kier alpha value is -0.860. The van der Waals surface area contributed by atoms with Gasteiger partial charge in [0, 0.05) is 0 Å². The fourth-order valence-corrected chi connectivity index (χ4v) is 1.38. The Morgan fingerprint density at radius 1 is 1.30 bits per heavy atom. The molecule has 1 N–H and O–H groups in total. The molecule has 0 spiro atoms. The van der Waals surface area contributed by atoms with Crippen molar-refractivity contribution in [1.82, 2.24) is 5.32 Å². The number of carbonyl (C=O) groups is 2. The molecular weight excluding hydrogens is 130 g/mol. The summed E-state index contributed by atoms with van der Waals surface area (Å²) in [7, 11) is 0. The van der Waals surface area contributed by atoms with Gasteiger partial charge < -0.3 is 5.32 Å². The summed E-state index contributed by atoms with van der Waals surface area (Å²) in [5.41, 5.74) is 0. The van der Waals surface area contributed by atoms with E-state index >= 15 is 0 Å². The van der Waals surface area contributed by atoms with Crippen molar-refractivity contribution in [2.24, 2.45) is 5.92 Å². The second-order valence-electron chi connectivity index (χ2n) is 3.03. The maximum absolute atomic E-state index is 11.0. The second-order valence-corrected chi connectivity index (χ2v) is 3.03. The molecule has 54 valence electrons. The van der Waals surface area contributed by atoms with Crippen molar-refractivity contribution < 1.29 is 9.59 Å². The number of rotatable bonds is 1. The standard InChI is InChI=1S/C7H9NO2/c9-5-3-6(10)8-7(5)4-1-2-4/h4,7H,1-3H2,(H,8,10)/t7-/m1/s1. The molecule has 1 saturated carbocycles. The summed E-state index contributed by atoms with van der Waals surface area (Å²) in [6.45, 7) is 0. The van der Waals surface area contributed by atoms with Gasteiger partial charge in [0.2, 0.25) is 5.91 Å². The topological polar surface area (TPSA) is 46.2 Å². The van der Waals surface area contributed by atoms with E-state index < -0.39 is 0 Å². The van der Waals surface area contributed by atoms with Gasteiger partial charge in [-0.05, 0) is 18.8 Å². The number of ketones is 1. The SMILES string of the molecule is O=C1CC(=O)[C@@H](C2CC2)N1. The predicted molar refractivity (Wildman–Crippen MR) is 34.3 cm³/mol. The van der Waals surface area contributed by atoms with Crippen molar-refractivity contribution in [3.8, 4) is 0 Å². The Kier molecular flexibility index (Phi) is 1.07. The first kappa shape index (κ1) is 5.89. The molecule has 1 aliphatic carbocycles. The van der Waals surface area contributed by atoms with Gasteiger partial charge in [-0.15, -0.1) is 0 Å². The van der Waals surface area contributed by atoms with Crippen molar-refractivity contribution in [3.63, 3.8) is 0 Å². The van der Waals surface area contributed by atoms with Crippen molar-refractivity contribution in [2.45, 2.75) is 25.3 Å². The van der Waals surface area contributed by atoms with Crippen LogP contribution in [-0.4, -0.2) is 17.7 Å². The minimum atomic E-state index is -0.118. The summed E-state index contributed by atoms with van der Waals surface area (Å²) < 4.78 is 0. The molecule has 1 atom stereocenters. The van der Waals surface area contributed by atoms with Crippen LogP contribution in [0.2, 0.25) is 0 Å². The van der Waals surface area contributed by atoms with E-state index in [1.807, 2.05) is 0 Å². The summed E-state index contributed by atoms with van der Waals surface area (Å²) >= 11 is 0. The fourth-order valence-electron chi connectivity index (χ4n) is 1.38. The van der Waals surface area contributed by atoms with E-state index in [0.717, 1.165) is 12.8 Å². The third kappa shape index (κ3) is 0.818. The van der Waals surface area contributed by atoms with E-state index in [0.29, 0.717) is 5.92 Å². The molecular formula is C7H9NO2. The zero-order valence-electron chi connectivity index (χ0n) is 5.59. The fraction of sp³-hybridized carbons (Fsp3) is 0.714. The van der Waals surface area contributed by atoms with Crippen molar-refractivity contribution in [3.05, 3.63) is 0 Å². The molecule has 0 aromatic heterocycles. The van der Waals surface area contributed by atoms with Gasteiger partial charge in [0.15, 0.2) is 5.78 Å². The molecule has 3 nitrogen and oxygen atoms in total. The molecule has 1 saturated heterocycles. The lowest BCUT2D eigenvalue weighted by Crippen LogP contribution is -2.30. The molecule has 3 heteroatoms. The van der Waals surface area contributed by atoms with E-state index in [4.69, 9.17) is 0 Å². The quantitative estimate of drug-likeness (QED) is 0.514. The van der Waals surface area contributed by atoms with Crippen molar-refractivity contribution in [1.29, 1.82) is 0 Å². The summed E-state index contributed by atoms with van der Waals surface area (Å²) in [6.07, 6.45) is 2.33. The van der Waals surface area contributed by atoms with Crippen LogP contribution >= 0.6 is 0 Å². The Labute approximate surface area is 58.8 Å². The molecule has 0 aromatic rings. The Bertz CT molecular complexity index is 196. The molecule has 1 aliphatic heterocycles. The Balaban J connectivity index is 2.08. The third-order valence-electron chi connectivity index (χ3n) is 2.09. The van der Waals surface area contributed by atoms with Gasteiger partial charge in [0.1, 0.15) is 0 Å². The highest BCUT2D eigenvalue weighted by Crippen LogP contribution is 2.34. The van der Waals surface area contributed by atoms with E-state index in [9.17, 15) is 9.59 Å². The van der Waals surface area contributed by atoms with E-state index in [1.165, 1.54) is 0 Å². The van der Waals surface area contributed by atoms with Gasteiger partial charge in [0.25, 0.3) is 0 Å². The monoisotopic (exact) mass is 139 g/mol. The Morgan fingerprint density at radius 2 is 2.00 bits per heavy atom. The summed E-state index contributed by atoms with van der Waals surface area (Å²) in [5.74, 6) is 0.466. The molecule has 2 fully saturated rings. The number of hydrogen-bond donors (Lipinski definition) is 1. The van der Waals surface area contributed by atoms with Crippen LogP contribution in [0.3, 0.4) is 0 Å². The highest BCUT2D eigenvalue weighted by atomic mass is 16.2. The molecule has 0 aromatic carbocycles. The summed E-state index contributed by atoms with van der Waals surface area (Å²) in [5, 5.41) is 2.68. The molecule has 1 heterocycles. The average Bonchev–Trinajstić information content (AvgIpc) is 2.61. The lowest BCUT2D eigenvalue weighted by Gasteiger charge is -2.03. The summed E-state index contributed by atoms with van der Waals surface area (Å²) in [4.78, 5) is 21.6. The van der Waals surface area contributed by atoms with Crippen molar-refractivity contribution in [2.75, 3.05) is 0 Å². The zero-order valence-corrected chi connectivity index (χ0v) is 5.59. The second kappa shape index (κ2) is 1.81. The van der Waals surface area contributed by atoms with Crippen LogP contribution < -0.4 is 5.32 Å². The van der Waals surface area contributed by atoms with Crippen LogP contribution in [0.15, 0.2) is 0 Å². The van der Waals surface area contributed by atoms with E-state index in [2.05, 4.69) is 5.32 Å². The molecule has 2 aliphatic rings. The number of hydrogen-bond acceptors (Lipinski definition) is 2. The van der Waals surface area contributed by atoms with Crippen LogP contribution in [-0.2, 0) is 9.59 Å². The van der Waals surface area contributed by atoms with Crippen LogP contribution in [0.4, 0.5) is 0 Å². The highest BCUT2D eigenvalue weighted by Gasteiger charge is 2.41. The average molecular weight is 139 g/mol. The molecule has 0 unspecified atom stereocenters. The number of nitrogens with one attached hydrogen (secondary N) is 1. The third-order valence-corrected chi connectivity index (χ3v) is 2.09. The van der Waals surface area contributed by atoms with Crippen LogP contribution in [0.1, 0.15) is 19.3 Å². The molecule has 1 amide bonds. The van der Waals surface area contributed by atoms with E-state index in [-0.39, 0.29) is 24.2 Å². The van der Waals surface area contributed by atoms with Crippen LogP contribution in [0.5, 0.6) is 0 Å².